The van der Waals surface area contributed by atoms with Gasteiger partial charge in [0.2, 0.25) is 0 Å². The van der Waals surface area contributed by atoms with Crippen LogP contribution in [-0.4, -0.2) is 22.6 Å². The SMILES string of the molecule is Cn1c(=O)cc(NCC2CCSCC2)c2ccccc21. The minimum absolute atomic E-state index is 0.0467. The fourth-order valence-corrected chi connectivity index (χ4v) is 3.97. The molecule has 2 heterocycles. The lowest BCUT2D eigenvalue weighted by atomic mass is 10.0. The van der Waals surface area contributed by atoms with Crippen LogP contribution in [0.15, 0.2) is 35.1 Å². The Kier molecular flexibility index (Phi) is 4.01. The van der Waals surface area contributed by atoms with Crippen LogP contribution in [0.1, 0.15) is 12.8 Å². The lowest BCUT2D eigenvalue weighted by molar-refractivity contribution is 0.516. The maximum absolute atomic E-state index is 12.0. The smallest absolute Gasteiger partial charge is 0.252 e. The van der Waals surface area contributed by atoms with E-state index in [2.05, 4.69) is 11.4 Å². The molecule has 0 amide bonds. The molecule has 20 heavy (non-hydrogen) atoms. The van der Waals surface area contributed by atoms with Crippen molar-refractivity contribution in [2.24, 2.45) is 13.0 Å². The highest BCUT2D eigenvalue weighted by Gasteiger charge is 2.14. The molecule has 1 aliphatic heterocycles. The Balaban J connectivity index is 1.87. The van der Waals surface area contributed by atoms with Crippen LogP contribution in [0.25, 0.3) is 10.9 Å². The monoisotopic (exact) mass is 288 g/mol. The van der Waals surface area contributed by atoms with E-state index in [1.165, 1.54) is 24.3 Å². The molecule has 0 atom stereocenters. The van der Waals surface area contributed by atoms with E-state index < -0.39 is 0 Å². The number of anilines is 1. The van der Waals surface area contributed by atoms with Crippen molar-refractivity contribution in [3.05, 3.63) is 40.7 Å². The maximum atomic E-state index is 12.0. The van der Waals surface area contributed by atoms with E-state index in [-0.39, 0.29) is 5.56 Å². The van der Waals surface area contributed by atoms with Gasteiger partial charge in [-0.05, 0) is 36.3 Å². The largest absolute Gasteiger partial charge is 0.384 e. The summed E-state index contributed by atoms with van der Waals surface area (Å²) in [5, 5.41) is 4.63. The molecule has 1 N–H and O–H groups in total. The molecule has 1 aliphatic rings. The minimum Gasteiger partial charge on any atom is -0.384 e. The highest BCUT2D eigenvalue weighted by Crippen LogP contribution is 2.25. The van der Waals surface area contributed by atoms with Gasteiger partial charge in [0.05, 0.1) is 5.52 Å². The van der Waals surface area contributed by atoms with Crippen LogP contribution < -0.4 is 10.9 Å². The third-order valence-corrected chi connectivity index (χ3v) is 5.12. The van der Waals surface area contributed by atoms with E-state index >= 15 is 0 Å². The third-order valence-electron chi connectivity index (χ3n) is 4.08. The van der Waals surface area contributed by atoms with E-state index in [1.807, 2.05) is 37.0 Å². The highest BCUT2D eigenvalue weighted by atomic mass is 32.2. The number of benzene rings is 1. The Labute approximate surface area is 123 Å². The number of rotatable bonds is 3. The number of aryl methyl sites for hydroxylation is 1. The summed E-state index contributed by atoms with van der Waals surface area (Å²) in [7, 11) is 1.83. The van der Waals surface area contributed by atoms with Crippen LogP contribution >= 0.6 is 11.8 Å². The van der Waals surface area contributed by atoms with Gasteiger partial charge in [0.25, 0.3) is 5.56 Å². The molecule has 1 aromatic carbocycles. The van der Waals surface area contributed by atoms with Crippen LogP contribution in [0.5, 0.6) is 0 Å². The number of hydrogen-bond donors (Lipinski definition) is 1. The summed E-state index contributed by atoms with van der Waals surface area (Å²) >= 11 is 2.05. The van der Waals surface area contributed by atoms with Crippen molar-refractivity contribution in [3.8, 4) is 0 Å². The van der Waals surface area contributed by atoms with Gasteiger partial charge in [-0.25, -0.2) is 0 Å². The lowest BCUT2D eigenvalue weighted by Crippen LogP contribution is -2.22. The molecule has 1 aromatic heterocycles. The molecule has 4 heteroatoms. The van der Waals surface area contributed by atoms with Gasteiger partial charge in [0.15, 0.2) is 0 Å². The first-order chi connectivity index (χ1) is 9.75. The second-order valence-electron chi connectivity index (χ2n) is 5.41. The Morgan fingerprint density at radius 3 is 2.85 bits per heavy atom. The Bertz CT molecular complexity index is 659. The van der Waals surface area contributed by atoms with Crippen molar-refractivity contribution >= 4 is 28.4 Å². The third kappa shape index (κ3) is 2.70. The van der Waals surface area contributed by atoms with Crippen molar-refractivity contribution < 1.29 is 0 Å². The predicted octanol–water partition coefficient (Wildman–Crippen LogP) is 3.09. The van der Waals surface area contributed by atoms with Gasteiger partial charge >= 0.3 is 0 Å². The molecule has 1 saturated heterocycles. The molecule has 2 aromatic rings. The number of thioether (sulfide) groups is 1. The van der Waals surface area contributed by atoms with Gasteiger partial charge < -0.3 is 9.88 Å². The minimum atomic E-state index is 0.0467. The quantitative estimate of drug-likeness (QED) is 0.942. The van der Waals surface area contributed by atoms with Gasteiger partial charge in [-0.1, -0.05) is 18.2 Å². The van der Waals surface area contributed by atoms with Gasteiger partial charge in [-0.2, -0.15) is 11.8 Å². The molecule has 0 aliphatic carbocycles. The number of para-hydroxylation sites is 1. The molecular weight excluding hydrogens is 268 g/mol. The summed E-state index contributed by atoms with van der Waals surface area (Å²) in [5.41, 5.74) is 2.01. The van der Waals surface area contributed by atoms with Gasteiger partial charge in [0.1, 0.15) is 0 Å². The molecule has 1 fully saturated rings. The van der Waals surface area contributed by atoms with Crippen molar-refractivity contribution in [1.29, 1.82) is 0 Å². The summed E-state index contributed by atoms with van der Waals surface area (Å²) in [5.74, 6) is 3.27. The summed E-state index contributed by atoms with van der Waals surface area (Å²) in [4.78, 5) is 12.0. The van der Waals surface area contributed by atoms with E-state index in [4.69, 9.17) is 0 Å². The fourth-order valence-electron chi connectivity index (χ4n) is 2.76. The van der Waals surface area contributed by atoms with E-state index in [0.29, 0.717) is 0 Å². The van der Waals surface area contributed by atoms with Crippen LogP contribution in [0.3, 0.4) is 0 Å². The highest BCUT2D eigenvalue weighted by molar-refractivity contribution is 7.99. The van der Waals surface area contributed by atoms with Crippen LogP contribution in [-0.2, 0) is 7.05 Å². The average Bonchev–Trinajstić information content (AvgIpc) is 2.50. The van der Waals surface area contributed by atoms with Gasteiger partial charge in [0, 0.05) is 30.7 Å². The zero-order valence-electron chi connectivity index (χ0n) is 11.8. The first-order valence-corrected chi connectivity index (χ1v) is 8.31. The molecule has 3 rings (SSSR count). The van der Waals surface area contributed by atoms with Crippen molar-refractivity contribution in [1.82, 2.24) is 4.57 Å². The number of fused-ring (bicyclic) bond motifs is 1. The first-order valence-electron chi connectivity index (χ1n) is 7.16. The topological polar surface area (TPSA) is 34.0 Å². The predicted molar refractivity (Wildman–Crippen MR) is 87.7 cm³/mol. The molecule has 3 nitrogen and oxygen atoms in total. The van der Waals surface area contributed by atoms with E-state index in [9.17, 15) is 4.79 Å². The molecule has 0 radical (unpaired) electrons. The Morgan fingerprint density at radius 2 is 2.05 bits per heavy atom. The number of aromatic nitrogens is 1. The standard InChI is InChI=1S/C16H20N2OS/c1-18-15-5-3-2-4-13(15)14(10-16(18)19)17-11-12-6-8-20-9-7-12/h2-5,10,12,17H,6-9,11H2,1H3. The molecule has 106 valence electrons. The Hall–Kier alpha value is -1.42. The maximum Gasteiger partial charge on any atom is 0.252 e. The zero-order chi connectivity index (χ0) is 13.9. The number of nitrogens with zero attached hydrogens (tertiary/aromatic N) is 1. The van der Waals surface area contributed by atoms with Crippen LogP contribution in [0.4, 0.5) is 5.69 Å². The second kappa shape index (κ2) is 5.92. The van der Waals surface area contributed by atoms with Crippen LogP contribution in [0.2, 0.25) is 0 Å². The number of hydrogen-bond acceptors (Lipinski definition) is 3. The second-order valence-corrected chi connectivity index (χ2v) is 6.63. The van der Waals surface area contributed by atoms with E-state index in [0.717, 1.165) is 29.1 Å². The number of pyridine rings is 1. The summed E-state index contributed by atoms with van der Waals surface area (Å²) in [6.45, 7) is 0.970. The first kappa shape index (κ1) is 13.6. The molecule has 0 bridgehead atoms. The Morgan fingerprint density at radius 1 is 1.30 bits per heavy atom. The van der Waals surface area contributed by atoms with Crippen LogP contribution in [0, 0.1) is 5.92 Å². The summed E-state index contributed by atoms with van der Waals surface area (Å²) in [6.07, 6.45) is 2.56. The lowest BCUT2D eigenvalue weighted by Gasteiger charge is -2.22. The number of nitrogens with one attached hydrogen (secondary N) is 1. The summed E-state index contributed by atoms with van der Waals surface area (Å²) in [6, 6.07) is 9.80. The summed E-state index contributed by atoms with van der Waals surface area (Å²) < 4.78 is 1.71. The molecule has 0 unspecified atom stereocenters. The van der Waals surface area contributed by atoms with E-state index in [1.54, 1.807) is 10.6 Å². The molecular formula is C16H20N2OS. The fraction of sp³-hybridized carbons (Fsp3) is 0.438. The van der Waals surface area contributed by atoms with Crippen molar-refractivity contribution in [3.63, 3.8) is 0 Å². The average molecular weight is 288 g/mol. The van der Waals surface area contributed by atoms with Gasteiger partial charge in [-0.3, -0.25) is 4.79 Å². The molecule has 0 spiro atoms. The van der Waals surface area contributed by atoms with Crippen molar-refractivity contribution in [2.45, 2.75) is 12.8 Å². The zero-order valence-corrected chi connectivity index (χ0v) is 12.6. The normalized spacial score (nSPS) is 16.4. The van der Waals surface area contributed by atoms with Gasteiger partial charge in [-0.15, -0.1) is 0 Å². The molecule has 0 saturated carbocycles. The van der Waals surface area contributed by atoms with Crippen molar-refractivity contribution in [2.75, 3.05) is 23.4 Å².